The summed E-state index contributed by atoms with van der Waals surface area (Å²) in [5.74, 6) is -0.577. The average Bonchev–Trinajstić information content (AvgIpc) is 2.70. The van der Waals surface area contributed by atoms with Crippen molar-refractivity contribution in [2.45, 2.75) is 26.5 Å². The molecule has 0 aliphatic carbocycles. The van der Waals surface area contributed by atoms with E-state index in [0.29, 0.717) is 12.1 Å². The van der Waals surface area contributed by atoms with Crippen molar-refractivity contribution in [2.24, 2.45) is 5.92 Å². The number of rotatable bonds is 5. The first kappa shape index (κ1) is 14.4. The van der Waals surface area contributed by atoms with Gasteiger partial charge in [-0.25, -0.2) is 4.79 Å². The van der Waals surface area contributed by atoms with E-state index >= 15 is 0 Å². The highest BCUT2D eigenvalue weighted by atomic mass is 16.6. The van der Waals surface area contributed by atoms with E-state index in [-0.39, 0.29) is 18.1 Å². The lowest BCUT2D eigenvalue weighted by atomic mass is 10.1. The lowest BCUT2D eigenvalue weighted by molar-refractivity contribution is -0.144. The summed E-state index contributed by atoms with van der Waals surface area (Å²) in [6.45, 7) is 7.61. The van der Waals surface area contributed by atoms with Gasteiger partial charge in [-0.05, 0) is 27.3 Å². The Hall–Kier alpha value is -1.62. The summed E-state index contributed by atoms with van der Waals surface area (Å²) >= 11 is 0. The van der Waals surface area contributed by atoms with Crippen LogP contribution in [0.1, 0.15) is 20.3 Å². The van der Waals surface area contributed by atoms with Gasteiger partial charge in [0.25, 0.3) is 0 Å². The fourth-order valence-electron chi connectivity index (χ4n) is 1.67. The minimum absolute atomic E-state index is 0.0150. The maximum Gasteiger partial charge on any atom is 0.336 e. The normalized spacial score (nSPS) is 21.9. The van der Waals surface area contributed by atoms with Crippen molar-refractivity contribution >= 4 is 11.9 Å². The third-order valence-electron chi connectivity index (χ3n) is 2.93. The Kier molecular flexibility index (Phi) is 5.09. The monoisotopic (exact) mass is 252 g/mol. The molecule has 2 atom stereocenters. The van der Waals surface area contributed by atoms with Gasteiger partial charge < -0.3 is 9.64 Å². The predicted molar refractivity (Wildman–Crippen MR) is 68.4 cm³/mol. The van der Waals surface area contributed by atoms with Crippen molar-refractivity contribution in [2.75, 3.05) is 13.6 Å². The molecule has 1 fully saturated rings. The van der Waals surface area contributed by atoms with Crippen LogP contribution in [-0.4, -0.2) is 36.6 Å². The van der Waals surface area contributed by atoms with Crippen LogP contribution in [0.25, 0.3) is 0 Å². The molecule has 1 aliphatic heterocycles. The lowest BCUT2D eigenvalue weighted by Crippen LogP contribution is -2.29. The van der Waals surface area contributed by atoms with Crippen LogP contribution in [-0.2, 0) is 14.3 Å². The second-order valence-corrected chi connectivity index (χ2v) is 4.31. The quantitative estimate of drug-likeness (QED) is 0.344. The highest BCUT2D eigenvalue weighted by Crippen LogP contribution is 2.20. The molecule has 100 valence electrons. The lowest BCUT2D eigenvalue weighted by Gasteiger charge is -2.14. The van der Waals surface area contributed by atoms with E-state index < -0.39 is 5.97 Å². The van der Waals surface area contributed by atoms with Gasteiger partial charge in [-0.2, -0.15) is 0 Å². The van der Waals surface area contributed by atoms with Gasteiger partial charge in [0.15, 0.2) is 6.23 Å². The van der Waals surface area contributed by atoms with Gasteiger partial charge in [-0.3, -0.25) is 10.1 Å². The number of hydrogen-bond acceptors (Lipinski definition) is 4. The Morgan fingerprint density at radius 1 is 1.67 bits per heavy atom. The number of carbonyl (C=O) groups is 2. The van der Waals surface area contributed by atoms with E-state index in [2.05, 4.69) is 11.9 Å². The Morgan fingerprint density at radius 2 is 2.33 bits per heavy atom. The van der Waals surface area contributed by atoms with Crippen LogP contribution in [0.4, 0.5) is 0 Å². The molecule has 0 radical (unpaired) electrons. The Bertz CT molecular complexity index is 376. The summed E-state index contributed by atoms with van der Waals surface area (Å²) in [5, 5.41) is 2.81. The Morgan fingerprint density at radius 3 is 2.83 bits per heavy atom. The van der Waals surface area contributed by atoms with Gasteiger partial charge in [0.1, 0.15) is 0 Å². The molecule has 0 spiro atoms. The number of hydrogen-bond donors (Lipinski definition) is 1. The summed E-state index contributed by atoms with van der Waals surface area (Å²) in [4.78, 5) is 25.0. The third-order valence-corrected chi connectivity index (χ3v) is 2.93. The number of nitrogens with one attached hydrogen (secondary N) is 1. The summed E-state index contributed by atoms with van der Waals surface area (Å²) in [6.07, 6.45) is 3.59. The topological polar surface area (TPSA) is 58.6 Å². The largest absolute Gasteiger partial charge is 0.443 e. The molecule has 0 aromatic rings. The molecule has 5 nitrogen and oxygen atoms in total. The first-order valence-electron chi connectivity index (χ1n) is 5.99. The molecule has 1 saturated heterocycles. The van der Waals surface area contributed by atoms with Crippen LogP contribution < -0.4 is 5.32 Å². The predicted octanol–water partition coefficient (Wildman–Crippen LogP) is 1.03. The van der Waals surface area contributed by atoms with Crippen LogP contribution in [0.3, 0.4) is 0 Å². The standard InChI is InChI=1S/C13H20N2O3/c1-5-11-6-7-15(12(11)16)8-9(2)13(17)18-10(3)14-4/h5,8,10-11,14H,1,6-7H2,2-4H3/b9-8+. The third kappa shape index (κ3) is 3.43. The molecule has 1 aliphatic rings. The van der Waals surface area contributed by atoms with Gasteiger partial charge in [-0.1, -0.05) is 6.08 Å². The fraction of sp³-hybridized carbons (Fsp3) is 0.538. The molecule has 2 unspecified atom stereocenters. The number of amides is 1. The van der Waals surface area contributed by atoms with Crippen molar-refractivity contribution in [3.63, 3.8) is 0 Å². The van der Waals surface area contributed by atoms with Crippen molar-refractivity contribution < 1.29 is 14.3 Å². The molecule has 5 heteroatoms. The molecule has 1 rings (SSSR count). The van der Waals surface area contributed by atoms with Crippen LogP contribution in [0.15, 0.2) is 24.4 Å². The number of carbonyl (C=O) groups excluding carboxylic acids is 2. The molecule has 1 heterocycles. The number of likely N-dealkylation sites (tertiary alicyclic amines) is 1. The van der Waals surface area contributed by atoms with Crippen molar-refractivity contribution in [3.05, 3.63) is 24.4 Å². The second-order valence-electron chi connectivity index (χ2n) is 4.31. The van der Waals surface area contributed by atoms with E-state index in [9.17, 15) is 9.59 Å². The molecule has 0 saturated carbocycles. The van der Waals surface area contributed by atoms with Crippen LogP contribution in [0.5, 0.6) is 0 Å². The number of nitrogens with zero attached hydrogens (tertiary/aromatic N) is 1. The van der Waals surface area contributed by atoms with Crippen molar-refractivity contribution in [1.29, 1.82) is 0 Å². The first-order valence-corrected chi connectivity index (χ1v) is 5.99. The zero-order valence-corrected chi connectivity index (χ0v) is 11.1. The molecule has 0 aromatic carbocycles. The maximum absolute atomic E-state index is 11.8. The molecular formula is C13H20N2O3. The number of esters is 1. The molecule has 0 bridgehead atoms. The summed E-state index contributed by atoms with van der Waals surface area (Å²) in [5.41, 5.74) is 0.412. The van der Waals surface area contributed by atoms with Crippen LogP contribution >= 0.6 is 0 Å². The van der Waals surface area contributed by atoms with Gasteiger partial charge in [0, 0.05) is 12.7 Å². The van der Waals surface area contributed by atoms with E-state index in [1.165, 1.54) is 0 Å². The van der Waals surface area contributed by atoms with Crippen LogP contribution in [0, 0.1) is 5.92 Å². The summed E-state index contributed by atoms with van der Waals surface area (Å²) < 4.78 is 5.08. The molecule has 0 aromatic heterocycles. The molecule has 18 heavy (non-hydrogen) atoms. The van der Waals surface area contributed by atoms with Gasteiger partial charge in [0.2, 0.25) is 5.91 Å². The maximum atomic E-state index is 11.8. The minimum Gasteiger partial charge on any atom is -0.443 e. The van der Waals surface area contributed by atoms with Gasteiger partial charge in [0.05, 0.1) is 11.5 Å². The zero-order valence-electron chi connectivity index (χ0n) is 11.1. The highest BCUT2D eigenvalue weighted by molar-refractivity contribution is 5.90. The smallest absolute Gasteiger partial charge is 0.336 e. The molecule has 1 amide bonds. The summed E-state index contributed by atoms with van der Waals surface area (Å²) in [7, 11) is 1.70. The van der Waals surface area contributed by atoms with Crippen molar-refractivity contribution in [1.82, 2.24) is 10.2 Å². The van der Waals surface area contributed by atoms with Gasteiger partial charge >= 0.3 is 5.97 Å². The fourth-order valence-corrected chi connectivity index (χ4v) is 1.67. The van der Waals surface area contributed by atoms with E-state index in [1.54, 1.807) is 38.1 Å². The van der Waals surface area contributed by atoms with E-state index in [0.717, 1.165) is 6.42 Å². The Balaban J connectivity index is 2.64. The van der Waals surface area contributed by atoms with Crippen molar-refractivity contribution in [3.8, 4) is 0 Å². The van der Waals surface area contributed by atoms with E-state index in [1.807, 2.05) is 0 Å². The molecular weight excluding hydrogens is 232 g/mol. The van der Waals surface area contributed by atoms with E-state index in [4.69, 9.17) is 4.74 Å². The second kappa shape index (κ2) is 6.35. The Labute approximate surface area is 107 Å². The molecule has 1 N–H and O–H groups in total. The van der Waals surface area contributed by atoms with Gasteiger partial charge in [-0.15, -0.1) is 6.58 Å². The summed E-state index contributed by atoms with van der Waals surface area (Å²) in [6, 6.07) is 0. The zero-order chi connectivity index (χ0) is 13.7. The first-order chi connectivity index (χ1) is 8.49. The minimum atomic E-state index is -0.424. The average molecular weight is 252 g/mol. The number of ether oxygens (including phenoxy) is 1. The van der Waals surface area contributed by atoms with Crippen LogP contribution in [0.2, 0.25) is 0 Å². The highest BCUT2D eigenvalue weighted by Gasteiger charge is 2.28. The SMILES string of the molecule is C=CC1CCN(/C=C(\C)C(=O)OC(C)NC)C1=O.